The number of pyridine rings is 1. The van der Waals surface area contributed by atoms with Gasteiger partial charge in [0.05, 0.1) is 30.9 Å². The lowest BCUT2D eigenvalue weighted by molar-refractivity contribution is -0.131. The third kappa shape index (κ3) is 4.14. The minimum atomic E-state index is 0.0889. The Morgan fingerprint density at radius 1 is 1.20 bits per heavy atom. The lowest BCUT2D eigenvalue weighted by atomic mass is 10.1. The van der Waals surface area contributed by atoms with Crippen LogP contribution in [0.1, 0.15) is 33.1 Å². The first-order valence-corrected chi connectivity index (χ1v) is 9.13. The fourth-order valence-electron chi connectivity index (χ4n) is 2.76. The molecule has 5 nitrogen and oxygen atoms in total. The average Bonchev–Trinajstić information content (AvgIpc) is 3.15. The van der Waals surface area contributed by atoms with Gasteiger partial charge in [-0.05, 0) is 49.9 Å². The van der Waals surface area contributed by atoms with E-state index < -0.39 is 0 Å². The lowest BCUT2D eigenvalue weighted by Crippen LogP contribution is -2.32. The Morgan fingerprint density at radius 3 is 2.64 bits per heavy atom. The van der Waals surface area contributed by atoms with Gasteiger partial charge >= 0.3 is 0 Å². The highest BCUT2D eigenvalue weighted by molar-refractivity contribution is 7.10. The van der Waals surface area contributed by atoms with Gasteiger partial charge in [-0.15, -0.1) is 11.3 Å². The maximum absolute atomic E-state index is 13.0. The van der Waals surface area contributed by atoms with Gasteiger partial charge in [-0.1, -0.05) is 6.07 Å². The van der Waals surface area contributed by atoms with Crippen molar-refractivity contribution >= 4 is 17.2 Å². The van der Waals surface area contributed by atoms with E-state index in [1.165, 1.54) is 10.4 Å². The number of aryl methyl sites for hydroxylation is 3. The summed E-state index contributed by atoms with van der Waals surface area (Å²) in [5.74, 6) is 0.0889. The highest BCUT2D eigenvalue weighted by atomic mass is 32.1. The minimum absolute atomic E-state index is 0.0889. The summed E-state index contributed by atoms with van der Waals surface area (Å²) in [5, 5.41) is 9.22. The number of hydrogen-bond donors (Lipinski definition) is 1. The third-order valence-corrected chi connectivity index (χ3v) is 5.35. The van der Waals surface area contributed by atoms with Gasteiger partial charge in [-0.25, -0.2) is 0 Å². The van der Waals surface area contributed by atoms with Gasteiger partial charge in [0.1, 0.15) is 0 Å². The van der Waals surface area contributed by atoms with Gasteiger partial charge in [0, 0.05) is 22.3 Å². The number of amides is 1. The van der Waals surface area contributed by atoms with E-state index in [1.54, 1.807) is 17.5 Å². The van der Waals surface area contributed by atoms with E-state index in [9.17, 15) is 4.79 Å². The summed E-state index contributed by atoms with van der Waals surface area (Å²) < 4.78 is 0. The molecule has 1 amide bonds. The van der Waals surface area contributed by atoms with Gasteiger partial charge in [0.2, 0.25) is 5.91 Å². The van der Waals surface area contributed by atoms with E-state index in [-0.39, 0.29) is 5.91 Å². The smallest absolute Gasteiger partial charge is 0.227 e. The molecule has 0 aliphatic heterocycles. The van der Waals surface area contributed by atoms with Gasteiger partial charge in [-0.3, -0.25) is 14.9 Å². The molecule has 6 heteroatoms. The highest BCUT2D eigenvalue weighted by Crippen LogP contribution is 2.20. The molecule has 25 heavy (non-hydrogen) atoms. The number of hydrogen-bond acceptors (Lipinski definition) is 4. The van der Waals surface area contributed by atoms with Gasteiger partial charge < -0.3 is 4.90 Å². The van der Waals surface area contributed by atoms with E-state index in [0.717, 1.165) is 22.6 Å². The number of rotatable bonds is 6. The Labute approximate surface area is 151 Å². The Hall–Kier alpha value is -2.47. The predicted molar refractivity (Wildman–Crippen MR) is 99.3 cm³/mol. The summed E-state index contributed by atoms with van der Waals surface area (Å²) in [5.41, 5.74) is 4.94. The second kappa shape index (κ2) is 7.61. The summed E-state index contributed by atoms with van der Waals surface area (Å²) in [6.07, 6.45) is 2.12. The molecule has 0 spiro atoms. The first-order valence-electron chi connectivity index (χ1n) is 8.25. The van der Waals surface area contributed by atoms with Crippen LogP contribution in [0, 0.1) is 20.8 Å². The fourth-order valence-corrected chi connectivity index (χ4v) is 3.68. The maximum Gasteiger partial charge on any atom is 0.227 e. The Balaban J connectivity index is 1.82. The van der Waals surface area contributed by atoms with Crippen LogP contribution in [0.5, 0.6) is 0 Å². The second-order valence-electron chi connectivity index (χ2n) is 6.19. The van der Waals surface area contributed by atoms with Crippen LogP contribution in [0.3, 0.4) is 0 Å². The monoisotopic (exact) mass is 354 g/mol. The summed E-state index contributed by atoms with van der Waals surface area (Å²) in [7, 11) is 0. The zero-order valence-corrected chi connectivity index (χ0v) is 15.6. The van der Waals surface area contributed by atoms with E-state index >= 15 is 0 Å². The van der Waals surface area contributed by atoms with Crippen LogP contribution in [-0.2, 0) is 24.3 Å². The van der Waals surface area contributed by atoms with Crippen molar-refractivity contribution in [3.63, 3.8) is 0 Å². The number of H-pyrrole nitrogens is 1. The van der Waals surface area contributed by atoms with Crippen LogP contribution in [0.4, 0.5) is 0 Å². The SMILES string of the molecule is Cc1ccsc1CN(Cc1ccccn1)C(=O)Cc1c(C)n[nH]c1C. The van der Waals surface area contributed by atoms with E-state index in [4.69, 9.17) is 0 Å². The topological polar surface area (TPSA) is 61.9 Å². The lowest BCUT2D eigenvalue weighted by Gasteiger charge is -2.22. The van der Waals surface area contributed by atoms with Gasteiger partial charge in [0.15, 0.2) is 0 Å². The van der Waals surface area contributed by atoms with Gasteiger partial charge in [-0.2, -0.15) is 5.10 Å². The fraction of sp³-hybridized carbons (Fsp3) is 0.316. The van der Waals surface area contributed by atoms with E-state index in [2.05, 4.69) is 33.6 Å². The molecule has 0 saturated carbocycles. The van der Waals surface area contributed by atoms with Crippen molar-refractivity contribution in [1.82, 2.24) is 20.1 Å². The van der Waals surface area contributed by atoms with Gasteiger partial charge in [0.25, 0.3) is 0 Å². The van der Waals surface area contributed by atoms with E-state index in [1.807, 2.05) is 36.9 Å². The number of nitrogens with one attached hydrogen (secondary N) is 1. The van der Waals surface area contributed by atoms with Crippen LogP contribution < -0.4 is 0 Å². The predicted octanol–water partition coefficient (Wildman–Crippen LogP) is 3.56. The maximum atomic E-state index is 13.0. The standard InChI is InChI=1S/C19H22N4OS/c1-13-7-9-25-18(13)12-23(11-16-6-4-5-8-20-16)19(24)10-17-14(2)21-22-15(17)3/h4-9H,10-12H2,1-3H3,(H,21,22). The molecule has 0 bridgehead atoms. The molecule has 0 radical (unpaired) electrons. The van der Waals surface area contributed by atoms with Crippen molar-refractivity contribution in [2.24, 2.45) is 0 Å². The van der Waals surface area contributed by atoms with Crippen molar-refractivity contribution in [1.29, 1.82) is 0 Å². The molecule has 0 unspecified atom stereocenters. The average molecular weight is 354 g/mol. The van der Waals surface area contributed by atoms with Crippen molar-refractivity contribution in [3.05, 3.63) is 68.9 Å². The summed E-state index contributed by atoms with van der Waals surface area (Å²) in [6.45, 7) is 7.08. The van der Waals surface area contributed by atoms with Crippen LogP contribution in [0.15, 0.2) is 35.8 Å². The van der Waals surface area contributed by atoms with Crippen molar-refractivity contribution in [2.75, 3.05) is 0 Å². The molecule has 0 aliphatic rings. The summed E-state index contributed by atoms with van der Waals surface area (Å²) >= 11 is 1.69. The molecular weight excluding hydrogens is 332 g/mol. The van der Waals surface area contributed by atoms with Crippen LogP contribution in [-0.4, -0.2) is 26.0 Å². The number of aromatic amines is 1. The number of nitrogens with zero attached hydrogens (tertiary/aromatic N) is 3. The van der Waals surface area contributed by atoms with Crippen LogP contribution in [0.25, 0.3) is 0 Å². The number of thiophene rings is 1. The third-order valence-electron chi connectivity index (χ3n) is 4.34. The molecule has 0 atom stereocenters. The Kier molecular flexibility index (Phi) is 5.28. The summed E-state index contributed by atoms with van der Waals surface area (Å²) in [6, 6.07) is 7.88. The first kappa shape index (κ1) is 17.4. The van der Waals surface area contributed by atoms with E-state index in [0.29, 0.717) is 19.5 Å². The molecular formula is C19H22N4OS. The first-order chi connectivity index (χ1) is 12.0. The molecule has 0 aliphatic carbocycles. The van der Waals surface area contributed by atoms with Crippen LogP contribution in [0.2, 0.25) is 0 Å². The largest absolute Gasteiger partial charge is 0.331 e. The highest BCUT2D eigenvalue weighted by Gasteiger charge is 2.20. The number of aromatic nitrogens is 3. The molecule has 0 fully saturated rings. The summed E-state index contributed by atoms with van der Waals surface area (Å²) in [4.78, 5) is 20.5. The Bertz CT molecular complexity index is 834. The molecule has 0 aromatic carbocycles. The normalized spacial score (nSPS) is 10.8. The van der Waals surface area contributed by atoms with Crippen molar-refractivity contribution < 1.29 is 4.79 Å². The number of carbonyl (C=O) groups is 1. The molecule has 3 aromatic heterocycles. The molecule has 3 aromatic rings. The molecule has 3 rings (SSSR count). The molecule has 0 saturated heterocycles. The quantitative estimate of drug-likeness (QED) is 0.736. The zero-order valence-electron chi connectivity index (χ0n) is 14.7. The molecule has 130 valence electrons. The number of carbonyl (C=O) groups excluding carboxylic acids is 1. The molecule has 1 N–H and O–H groups in total. The zero-order chi connectivity index (χ0) is 17.8. The van der Waals surface area contributed by atoms with Crippen molar-refractivity contribution in [2.45, 2.75) is 40.3 Å². The second-order valence-corrected chi connectivity index (χ2v) is 7.19. The Morgan fingerprint density at radius 2 is 2.04 bits per heavy atom. The minimum Gasteiger partial charge on any atom is -0.331 e. The van der Waals surface area contributed by atoms with Crippen molar-refractivity contribution in [3.8, 4) is 0 Å². The molecule has 3 heterocycles. The van der Waals surface area contributed by atoms with Crippen LogP contribution >= 0.6 is 11.3 Å².